The highest BCUT2D eigenvalue weighted by molar-refractivity contribution is 7.10. The Morgan fingerprint density at radius 1 is 0.943 bits per heavy atom. The molecule has 2 aliphatic rings. The predicted octanol–water partition coefficient (Wildman–Crippen LogP) is 5.36. The van der Waals surface area contributed by atoms with Crippen LogP contribution in [0.5, 0.6) is 0 Å². The minimum atomic E-state index is -0.0250. The number of carbonyl (C=O) groups is 1. The smallest absolute Gasteiger partial charge is 0.258 e. The highest BCUT2D eigenvalue weighted by Crippen LogP contribution is 2.42. The zero-order chi connectivity index (χ0) is 24.0. The first-order valence-corrected chi connectivity index (χ1v) is 13.3. The molecule has 0 aliphatic carbocycles. The van der Waals surface area contributed by atoms with E-state index in [1.807, 2.05) is 23.6 Å². The second-order valence-corrected chi connectivity index (χ2v) is 10.3. The number of rotatable bonds is 6. The summed E-state index contributed by atoms with van der Waals surface area (Å²) in [6, 6.07) is 18.8. The molecule has 3 aromatic rings. The minimum Gasteiger partial charge on any atom is -0.338 e. The molecule has 180 valence electrons. The van der Waals surface area contributed by atoms with Crippen LogP contribution in [0, 0.1) is 18.8 Å². The summed E-state index contributed by atoms with van der Waals surface area (Å²) in [6.07, 6.45) is 1.81. The molecule has 0 saturated carbocycles. The monoisotopic (exact) mass is 484 g/mol. The van der Waals surface area contributed by atoms with E-state index >= 15 is 0 Å². The van der Waals surface area contributed by atoms with Crippen molar-refractivity contribution < 1.29 is 4.79 Å². The molecule has 1 aromatic heterocycles. The van der Waals surface area contributed by atoms with E-state index in [0.717, 1.165) is 81.3 Å². The Morgan fingerprint density at radius 2 is 1.69 bits per heavy atom. The Labute approximate surface area is 212 Å². The van der Waals surface area contributed by atoms with E-state index < -0.39 is 0 Å². The van der Waals surface area contributed by atoms with E-state index in [0.29, 0.717) is 0 Å². The third kappa shape index (κ3) is 5.59. The number of amides is 1. The molecule has 5 nitrogen and oxygen atoms in total. The van der Waals surface area contributed by atoms with E-state index in [1.165, 1.54) is 10.4 Å². The number of carbonyl (C=O) groups excluding carboxylic acids is 1. The molecule has 0 atom stereocenters. The number of para-hydroxylation sites is 2. The molecule has 2 aromatic carbocycles. The molecular formula is C29H32N4OS. The molecule has 5 rings (SSSR count). The van der Waals surface area contributed by atoms with Crippen molar-refractivity contribution in [3.05, 3.63) is 76.0 Å². The number of benzene rings is 2. The van der Waals surface area contributed by atoms with Crippen LogP contribution in [0.25, 0.3) is 0 Å². The fourth-order valence-corrected chi connectivity index (χ4v) is 5.68. The molecule has 0 spiro atoms. The van der Waals surface area contributed by atoms with Crippen molar-refractivity contribution in [2.24, 2.45) is 0 Å². The molecule has 1 amide bonds. The average Bonchev–Trinajstić information content (AvgIpc) is 3.21. The van der Waals surface area contributed by atoms with Crippen LogP contribution in [0.4, 0.5) is 17.1 Å². The largest absolute Gasteiger partial charge is 0.338 e. The van der Waals surface area contributed by atoms with Gasteiger partial charge in [0, 0.05) is 55.9 Å². The number of unbranched alkanes of at least 4 members (excludes halogenated alkanes) is 1. The van der Waals surface area contributed by atoms with Gasteiger partial charge in [0.2, 0.25) is 0 Å². The molecule has 0 bridgehead atoms. The topological polar surface area (TPSA) is 38.8 Å². The summed E-state index contributed by atoms with van der Waals surface area (Å²) in [4.78, 5) is 21.2. The molecule has 6 heteroatoms. The number of anilines is 3. The van der Waals surface area contributed by atoms with Crippen LogP contribution < -0.4 is 10.2 Å². The van der Waals surface area contributed by atoms with Gasteiger partial charge in [0.25, 0.3) is 5.91 Å². The quantitative estimate of drug-likeness (QED) is 0.378. The van der Waals surface area contributed by atoms with Gasteiger partial charge in [-0.25, -0.2) is 0 Å². The van der Waals surface area contributed by atoms with Gasteiger partial charge in [0.05, 0.1) is 29.2 Å². The Hall–Kier alpha value is -3.11. The normalized spacial score (nSPS) is 16.0. The van der Waals surface area contributed by atoms with Gasteiger partial charge in [-0.2, -0.15) is 0 Å². The number of fused-ring (bicyclic) bond motifs is 2. The van der Waals surface area contributed by atoms with E-state index in [1.54, 1.807) is 11.3 Å². The summed E-state index contributed by atoms with van der Waals surface area (Å²) in [5.41, 5.74) is 5.12. The Bertz CT molecular complexity index is 1220. The maximum absolute atomic E-state index is 12.7. The van der Waals surface area contributed by atoms with Gasteiger partial charge in [-0.15, -0.1) is 17.3 Å². The fourth-order valence-electron chi connectivity index (χ4n) is 4.83. The molecule has 35 heavy (non-hydrogen) atoms. The maximum Gasteiger partial charge on any atom is 0.258 e. The molecule has 1 fully saturated rings. The molecule has 1 N–H and O–H groups in total. The van der Waals surface area contributed by atoms with E-state index in [9.17, 15) is 4.79 Å². The second kappa shape index (κ2) is 11.1. The summed E-state index contributed by atoms with van der Waals surface area (Å²) < 4.78 is 0. The third-order valence-corrected chi connectivity index (χ3v) is 7.63. The zero-order valence-electron chi connectivity index (χ0n) is 20.3. The first-order valence-electron chi connectivity index (χ1n) is 12.4. The number of aryl methyl sites for hydroxylation is 1. The number of thiophene rings is 1. The van der Waals surface area contributed by atoms with Crippen LogP contribution in [-0.4, -0.2) is 55.0 Å². The Morgan fingerprint density at radius 3 is 2.51 bits per heavy atom. The lowest BCUT2D eigenvalue weighted by Gasteiger charge is -2.33. The second-order valence-electron chi connectivity index (χ2n) is 9.17. The lowest BCUT2D eigenvalue weighted by atomic mass is 10.1. The van der Waals surface area contributed by atoms with Gasteiger partial charge in [-0.05, 0) is 31.0 Å². The van der Waals surface area contributed by atoms with Gasteiger partial charge in [-0.1, -0.05) is 48.4 Å². The Balaban J connectivity index is 1.12. The van der Waals surface area contributed by atoms with Crippen LogP contribution in [0.2, 0.25) is 0 Å². The van der Waals surface area contributed by atoms with Crippen molar-refractivity contribution >= 4 is 34.3 Å². The van der Waals surface area contributed by atoms with E-state index in [-0.39, 0.29) is 5.91 Å². The number of nitrogens with one attached hydrogen (secondary N) is 1. The standard InChI is InChI=1S/C29H32N4OS/c1-23-28-25(22-35-23)29(34)30-26-13-7-8-14-27(26)33(28)16-10-3-2-9-15-31-17-19-32(20-18-31)21-24-11-5-4-6-12-24/h4-8,11-14,22H,3,10,15-21H2,1H3,(H,30,34). The number of nitrogens with zero attached hydrogens (tertiary/aromatic N) is 3. The van der Waals surface area contributed by atoms with Gasteiger partial charge in [0.15, 0.2) is 0 Å². The molecule has 0 unspecified atom stereocenters. The fraction of sp³-hybridized carbons (Fsp3) is 0.345. The van der Waals surface area contributed by atoms with Crippen LogP contribution in [0.3, 0.4) is 0 Å². The number of hydrogen-bond donors (Lipinski definition) is 1. The van der Waals surface area contributed by atoms with Crippen molar-refractivity contribution in [1.29, 1.82) is 0 Å². The van der Waals surface area contributed by atoms with Crippen LogP contribution in [0.1, 0.15) is 33.6 Å². The van der Waals surface area contributed by atoms with Gasteiger partial charge < -0.3 is 10.2 Å². The first-order chi connectivity index (χ1) is 17.2. The summed E-state index contributed by atoms with van der Waals surface area (Å²) in [7, 11) is 0. The van der Waals surface area contributed by atoms with Crippen molar-refractivity contribution in [1.82, 2.24) is 9.80 Å². The van der Waals surface area contributed by atoms with Crippen molar-refractivity contribution in [3.8, 4) is 11.8 Å². The van der Waals surface area contributed by atoms with Crippen molar-refractivity contribution in [2.75, 3.05) is 49.5 Å². The SMILES string of the molecule is Cc1scc2c1N(CCCC#CCN1CCN(Cc3ccccc3)CC1)c1ccccc1NC2=O. The van der Waals surface area contributed by atoms with Crippen LogP contribution in [0.15, 0.2) is 60.0 Å². The van der Waals surface area contributed by atoms with Crippen molar-refractivity contribution in [2.45, 2.75) is 26.3 Å². The predicted molar refractivity (Wildman–Crippen MR) is 146 cm³/mol. The lowest BCUT2D eigenvalue weighted by molar-refractivity contribution is 0.102. The lowest BCUT2D eigenvalue weighted by Crippen LogP contribution is -2.45. The van der Waals surface area contributed by atoms with Crippen molar-refractivity contribution in [3.63, 3.8) is 0 Å². The summed E-state index contributed by atoms with van der Waals surface area (Å²) in [5, 5.41) is 5.05. The van der Waals surface area contributed by atoms with Gasteiger partial charge >= 0.3 is 0 Å². The molecule has 2 aliphatic heterocycles. The maximum atomic E-state index is 12.7. The summed E-state index contributed by atoms with van der Waals surface area (Å²) >= 11 is 1.64. The van der Waals surface area contributed by atoms with Crippen LogP contribution >= 0.6 is 11.3 Å². The number of piperazine rings is 1. The van der Waals surface area contributed by atoms with E-state index in [2.05, 4.69) is 75.2 Å². The molecule has 0 radical (unpaired) electrons. The number of hydrogen-bond acceptors (Lipinski definition) is 5. The molecule has 3 heterocycles. The summed E-state index contributed by atoms with van der Waals surface area (Å²) in [6.45, 7) is 9.16. The average molecular weight is 485 g/mol. The van der Waals surface area contributed by atoms with Gasteiger partial charge in [-0.3, -0.25) is 14.6 Å². The summed E-state index contributed by atoms with van der Waals surface area (Å²) in [5.74, 6) is 6.76. The third-order valence-electron chi connectivity index (χ3n) is 6.72. The molecular weight excluding hydrogens is 452 g/mol. The van der Waals surface area contributed by atoms with Gasteiger partial charge in [0.1, 0.15) is 0 Å². The highest BCUT2D eigenvalue weighted by atomic mass is 32.1. The Kier molecular flexibility index (Phi) is 7.48. The highest BCUT2D eigenvalue weighted by Gasteiger charge is 2.27. The minimum absolute atomic E-state index is 0.0250. The van der Waals surface area contributed by atoms with E-state index in [4.69, 9.17) is 0 Å². The molecule has 1 saturated heterocycles. The zero-order valence-corrected chi connectivity index (χ0v) is 21.1. The van der Waals surface area contributed by atoms with Crippen LogP contribution in [-0.2, 0) is 6.54 Å². The first kappa shape index (κ1) is 23.6.